The van der Waals surface area contributed by atoms with Gasteiger partial charge in [-0.2, -0.15) is 18.3 Å². The number of aromatic nitrogens is 2. The molecular weight excluding hydrogens is 325 g/mol. The molecular formula is C15H15F3N4O2. The number of para-hydroxylation sites is 1. The third-order valence-electron chi connectivity index (χ3n) is 3.25. The van der Waals surface area contributed by atoms with Gasteiger partial charge in [-0.05, 0) is 18.6 Å². The monoisotopic (exact) mass is 340 g/mol. The third kappa shape index (κ3) is 3.92. The van der Waals surface area contributed by atoms with Gasteiger partial charge in [0.1, 0.15) is 0 Å². The molecule has 0 aliphatic rings. The van der Waals surface area contributed by atoms with Crippen molar-refractivity contribution in [3.63, 3.8) is 0 Å². The molecule has 6 nitrogen and oxygen atoms in total. The van der Waals surface area contributed by atoms with Gasteiger partial charge in [0.15, 0.2) is 5.69 Å². The van der Waals surface area contributed by atoms with E-state index in [2.05, 4.69) is 10.4 Å². The summed E-state index contributed by atoms with van der Waals surface area (Å²) in [5, 5.41) is 5.75. The maximum Gasteiger partial charge on any atom is 0.435 e. The van der Waals surface area contributed by atoms with Crippen LogP contribution in [-0.4, -0.2) is 28.1 Å². The third-order valence-corrected chi connectivity index (χ3v) is 3.25. The smallest absolute Gasteiger partial charge is 0.370 e. The standard InChI is InChI=1S/C15H15F3N4O2/c1-9-4-2-3-5-11(9)22-8-10(13(21-22)15(16,17)18)14(24)20-7-6-12(19)23/h2-5,8H,6-7H2,1H3,(H2,19,23)(H,20,24). The highest BCUT2D eigenvalue weighted by Crippen LogP contribution is 2.31. The Morgan fingerprint density at radius 3 is 2.54 bits per heavy atom. The molecule has 0 atom stereocenters. The molecule has 0 saturated heterocycles. The van der Waals surface area contributed by atoms with Crippen molar-refractivity contribution in [3.05, 3.63) is 47.3 Å². The largest absolute Gasteiger partial charge is 0.435 e. The number of carbonyl (C=O) groups is 2. The number of aryl methyl sites for hydroxylation is 1. The Morgan fingerprint density at radius 2 is 1.96 bits per heavy atom. The Labute approximate surface area is 135 Å². The second-order valence-electron chi connectivity index (χ2n) is 5.09. The first-order chi connectivity index (χ1) is 11.2. The first-order valence-corrected chi connectivity index (χ1v) is 6.99. The van der Waals surface area contributed by atoms with Crippen LogP contribution in [0.25, 0.3) is 5.69 Å². The number of alkyl halides is 3. The Hall–Kier alpha value is -2.84. The number of nitrogens with zero attached hydrogens (tertiary/aromatic N) is 2. The summed E-state index contributed by atoms with van der Waals surface area (Å²) in [6.45, 7) is 1.57. The van der Waals surface area contributed by atoms with Gasteiger partial charge in [0, 0.05) is 19.2 Å². The van der Waals surface area contributed by atoms with Crippen LogP contribution in [-0.2, 0) is 11.0 Å². The summed E-state index contributed by atoms with van der Waals surface area (Å²) in [6.07, 6.45) is -3.94. The molecule has 0 aliphatic carbocycles. The van der Waals surface area contributed by atoms with Gasteiger partial charge in [-0.15, -0.1) is 0 Å². The topological polar surface area (TPSA) is 90.0 Å². The summed E-state index contributed by atoms with van der Waals surface area (Å²) in [7, 11) is 0. The first kappa shape index (κ1) is 17.5. The van der Waals surface area contributed by atoms with E-state index in [1.165, 1.54) is 0 Å². The molecule has 0 unspecified atom stereocenters. The average molecular weight is 340 g/mol. The average Bonchev–Trinajstić information content (AvgIpc) is 2.92. The minimum Gasteiger partial charge on any atom is -0.370 e. The number of amides is 2. The number of hydrogen-bond donors (Lipinski definition) is 2. The SMILES string of the molecule is Cc1ccccc1-n1cc(C(=O)NCCC(N)=O)c(C(F)(F)F)n1. The number of rotatable bonds is 5. The molecule has 0 aliphatic heterocycles. The lowest BCUT2D eigenvalue weighted by Gasteiger charge is -2.06. The zero-order chi connectivity index (χ0) is 17.9. The van der Waals surface area contributed by atoms with Gasteiger partial charge in [0.25, 0.3) is 5.91 Å². The van der Waals surface area contributed by atoms with Crippen LogP contribution < -0.4 is 11.1 Å². The van der Waals surface area contributed by atoms with Gasteiger partial charge < -0.3 is 11.1 Å². The first-order valence-electron chi connectivity index (χ1n) is 6.99. The van der Waals surface area contributed by atoms with E-state index in [9.17, 15) is 22.8 Å². The predicted molar refractivity (Wildman–Crippen MR) is 79.4 cm³/mol. The highest BCUT2D eigenvalue weighted by atomic mass is 19.4. The van der Waals surface area contributed by atoms with E-state index >= 15 is 0 Å². The number of halogens is 3. The van der Waals surface area contributed by atoms with Crippen molar-refractivity contribution in [3.8, 4) is 5.69 Å². The van der Waals surface area contributed by atoms with E-state index in [1.54, 1.807) is 31.2 Å². The fourth-order valence-electron chi connectivity index (χ4n) is 2.09. The maximum atomic E-state index is 13.2. The molecule has 2 rings (SSSR count). The van der Waals surface area contributed by atoms with Crippen molar-refractivity contribution < 1.29 is 22.8 Å². The fraction of sp³-hybridized carbons (Fsp3) is 0.267. The minimum absolute atomic E-state index is 0.152. The van der Waals surface area contributed by atoms with Gasteiger partial charge >= 0.3 is 6.18 Å². The second-order valence-corrected chi connectivity index (χ2v) is 5.09. The number of primary amides is 1. The van der Waals surface area contributed by atoms with E-state index in [-0.39, 0.29) is 13.0 Å². The number of carbonyl (C=O) groups excluding carboxylic acids is 2. The summed E-state index contributed by atoms with van der Waals surface area (Å²) >= 11 is 0. The van der Waals surface area contributed by atoms with E-state index in [0.717, 1.165) is 10.9 Å². The molecule has 0 saturated carbocycles. The van der Waals surface area contributed by atoms with Crippen LogP contribution in [0.1, 0.15) is 28.0 Å². The summed E-state index contributed by atoms with van der Waals surface area (Å²) in [5.74, 6) is -1.63. The maximum absolute atomic E-state index is 13.2. The van der Waals surface area contributed by atoms with E-state index in [0.29, 0.717) is 11.3 Å². The van der Waals surface area contributed by atoms with Crippen LogP contribution in [0.15, 0.2) is 30.5 Å². The number of nitrogens with one attached hydrogen (secondary N) is 1. The highest BCUT2D eigenvalue weighted by Gasteiger charge is 2.39. The second kappa shape index (κ2) is 6.73. The Morgan fingerprint density at radius 1 is 1.29 bits per heavy atom. The van der Waals surface area contributed by atoms with Gasteiger partial charge in [0.2, 0.25) is 5.91 Å². The van der Waals surface area contributed by atoms with E-state index in [1.807, 2.05) is 0 Å². The van der Waals surface area contributed by atoms with Crippen LogP contribution in [0.4, 0.5) is 13.2 Å². The lowest BCUT2D eigenvalue weighted by Crippen LogP contribution is -2.29. The molecule has 9 heteroatoms. The molecule has 0 spiro atoms. The molecule has 1 aromatic carbocycles. The van der Waals surface area contributed by atoms with Crippen LogP contribution >= 0.6 is 0 Å². The van der Waals surface area contributed by atoms with Crippen LogP contribution in [0.3, 0.4) is 0 Å². The molecule has 0 bridgehead atoms. The van der Waals surface area contributed by atoms with Crippen molar-refractivity contribution in [1.82, 2.24) is 15.1 Å². The quantitative estimate of drug-likeness (QED) is 0.870. The molecule has 24 heavy (non-hydrogen) atoms. The number of hydrogen-bond acceptors (Lipinski definition) is 3. The summed E-state index contributed by atoms with van der Waals surface area (Å²) in [4.78, 5) is 22.7. The van der Waals surface area contributed by atoms with Crippen LogP contribution in [0.2, 0.25) is 0 Å². The van der Waals surface area contributed by atoms with E-state index < -0.39 is 29.2 Å². The zero-order valence-electron chi connectivity index (χ0n) is 12.7. The molecule has 3 N–H and O–H groups in total. The van der Waals surface area contributed by atoms with Crippen LogP contribution in [0.5, 0.6) is 0 Å². The van der Waals surface area contributed by atoms with Crippen molar-refractivity contribution in [1.29, 1.82) is 0 Å². The molecule has 0 radical (unpaired) electrons. The molecule has 1 aromatic heterocycles. The van der Waals surface area contributed by atoms with Crippen molar-refractivity contribution in [2.24, 2.45) is 5.73 Å². The zero-order valence-corrected chi connectivity index (χ0v) is 12.7. The van der Waals surface area contributed by atoms with Crippen molar-refractivity contribution in [2.45, 2.75) is 19.5 Å². The lowest BCUT2D eigenvalue weighted by molar-refractivity contribution is -0.141. The van der Waals surface area contributed by atoms with Gasteiger partial charge in [-0.1, -0.05) is 18.2 Å². The van der Waals surface area contributed by atoms with Crippen molar-refractivity contribution >= 4 is 11.8 Å². The molecule has 2 aromatic rings. The Kier molecular flexibility index (Phi) is 4.91. The fourth-order valence-corrected chi connectivity index (χ4v) is 2.09. The van der Waals surface area contributed by atoms with Gasteiger partial charge in [-0.3, -0.25) is 9.59 Å². The normalized spacial score (nSPS) is 11.3. The molecule has 128 valence electrons. The van der Waals surface area contributed by atoms with Crippen molar-refractivity contribution in [2.75, 3.05) is 6.54 Å². The van der Waals surface area contributed by atoms with E-state index in [4.69, 9.17) is 5.73 Å². The highest BCUT2D eigenvalue weighted by molar-refractivity contribution is 5.95. The molecule has 0 fully saturated rings. The predicted octanol–water partition coefficient (Wildman–Crippen LogP) is 1.80. The van der Waals surface area contributed by atoms with Gasteiger partial charge in [-0.25, -0.2) is 4.68 Å². The summed E-state index contributed by atoms with van der Waals surface area (Å²) < 4.78 is 40.5. The minimum atomic E-state index is -4.79. The number of nitrogens with two attached hydrogens (primary N) is 1. The van der Waals surface area contributed by atoms with Crippen LogP contribution in [0, 0.1) is 6.92 Å². The Bertz CT molecular complexity index is 768. The summed E-state index contributed by atoms with van der Waals surface area (Å²) in [5.41, 5.74) is 4.15. The van der Waals surface area contributed by atoms with Gasteiger partial charge in [0.05, 0.1) is 11.3 Å². The molecule has 1 heterocycles. The Balaban J connectivity index is 2.38. The number of benzene rings is 1. The lowest BCUT2D eigenvalue weighted by atomic mass is 10.2. The summed E-state index contributed by atoms with van der Waals surface area (Å²) in [6, 6.07) is 6.71. The molecule has 2 amide bonds.